The molecule has 19 heavy (non-hydrogen) atoms. The van der Waals surface area contributed by atoms with Gasteiger partial charge in [-0.1, -0.05) is 0 Å². The molecular formula is C13H19IN2O3. The molecule has 6 heteroatoms. The highest BCUT2D eigenvalue weighted by Gasteiger charge is 2.21. The lowest BCUT2D eigenvalue weighted by Crippen LogP contribution is -2.19. The van der Waals surface area contributed by atoms with Crippen molar-refractivity contribution in [2.24, 2.45) is 5.73 Å². The van der Waals surface area contributed by atoms with Crippen molar-refractivity contribution in [1.29, 1.82) is 0 Å². The molecule has 0 radical (unpaired) electrons. The predicted molar refractivity (Wildman–Crippen MR) is 83.0 cm³/mol. The van der Waals surface area contributed by atoms with Crippen molar-refractivity contribution in [2.45, 2.75) is 6.42 Å². The third-order valence-electron chi connectivity index (χ3n) is 2.76. The van der Waals surface area contributed by atoms with Crippen molar-refractivity contribution in [1.82, 2.24) is 4.90 Å². The Morgan fingerprint density at radius 1 is 1.37 bits per heavy atom. The molecule has 1 amide bonds. The van der Waals surface area contributed by atoms with Gasteiger partial charge < -0.3 is 20.1 Å². The van der Waals surface area contributed by atoms with Gasteiger partial charge in [-0.25, -0.2) is 0 Å². The van der Waals surface area contributed by atoms with E-state index in [0.29, 0.717) is 17.1 Å². The minimum absolute atomic E-state index is 0.385. The van der Waals surface area contributed by atoms with Crippen LogP contribution >= 0.6 is 22.6 Å². The van der Waals surface area contributed by atoms with E-state index in [4.69, 9.17) is 15.2 Å². The maximum absolute atomic E-state index is 11.6. The van der Waals surface area contributed by atoms with Crippen LogP contribution in [0.4, 0.5) is 0 Å². The molecule has 1 rings (SSSR count). The highest BCUT2D eigenvalue weighted by molar-refractivity contribution is 14.1. The second-order valence-corrected chi connectivity index (χ2v) is 5.46. The molecule has 0 spiro atoms. The third kappa shape index (κ3) is 3.73. The molecule has 0 heterocycles. The van der Waals surface area contributed by atoms with Gasteiger partial charge in [0.1, 0.15) is 0 Å². The first-order chi connectivity index (χ1) is 8.92. The van der Waals surface area contributed by atoms with Gasteiger partial charge in [-0.3, -0.25) is 4.79 Å². The fourth-order valence-electron chi connectivity index (χ4n) is 1.77. The van der Waals surface area contributed by atoms with Crippen LogP contribution in [0.25, 0.3) is 0 Å². The molecule has 0 unspecified atom stereocenters. The number of likely N-dealkylation sites (N-methyl/N-ethyl adjacent to an activating group) is 1. The van der Waals surface area contributed by atoms with Crippen molar-refractivity contribution in [3.63, 3.8) is 0 Å². The summed E-state index contributed by atoms with van der Waals surface area (Å²) >= 11 is 2.13. The molecule has 0 saturated carbocycles. The number of hydrogen-bond acceptors (Lipinski definition) is 4. The Bertz CT molecular complexity index is 475. The zero-order chi connectivity index (χ0) is 14.6. The van der Waals surface area contributed by atoms with Gasteiger partial charge in [0, 0.05) is 10.1 Å². The maximum atomic E-state index is 11.6. The third-order valence-corrected chi connectivity index (χ3v) is 3.99. The average molecular weight is 378 g/mol. The Morgan fingerprint density at radius 3 is 2.42 bits per heavy atom. The minimum Gasteiger partial charge on any atom is -0.493 e. The Labute approximate surface area is 127 Å². The molecule has 0 saturated heterocycles. The van der Waals surface area contributed by atoms with E-state index in [1.54, 1.807) is 7.11 Å². The molecule has 2 N–H and O–H groups in total. The van der Waals surface area contributed by atoms with Gasteiger partial charge in [-0.2, -0.15) is 0 Å². The van der Waals surface area contributed by atoms with E-state index in [2.05, 4.69) is 27.5 Å². The van der Waals surface area contributed by atoms with Crippen LogP contribution in [0.15, 0.2) is 6.07 Å². The van der Waals surface area contributed by atoms with E-state index in [0.717, 1.165) is 22.1 Å². The second kappa shape index (κ2) is 6.95. The van der Waals surface area contributed by atoms with E-state index < -0.39 is 5.91 Å². The molecule has 0 atom stereocenters. The Balaban J connectivity index is 3.34. The lowest BCUT2D eigenvalue weighted by Gasteiger charge is -2.17. The number of nitrogens with two attached hydrogens (primary N) is 1. The fourth-order valence-corrected chi connectivity index (χ4v) is 2.71. The Hall–Kier alpha value is -1.02. The summed E-state index contributed by atoms with van der Waals surface area (Å²) in [6, 6.07) is 1.90. The Morgan fingerprint density at radius 2 is 2.00 bits per heavy atom. The summed E-state index contributed by atoms with van der Waals surface area (Å²) in [6.45, 7) is 0.879. The number of nitrogens with zero attached hydrogens (tertiary/aromatic N) is 1. The van der Waals surface area contributed by atoms with Crippen LogP contribution in [0.3, 0.4) is 0 Å². The molecule has 0 aromatic heterocycles. The topological polar surface area (TPSA) is 64.8 Å². The standard InChI is InChI=1S/C13H19IN2O3/c1-16(2)6-5-8-7-9(18-3)12(19-4)10(11(8)14)13(15)17/h7H,5-6H2,1-4H3,(H2,15,17). The van der Waals surface area contributed by atoms with E-state index in [1.807, 2.05) is 20.2 Å². The van der Waals surface area contributed by atoms with Gasteiger partial charge >= 0.3 is 0 Å². The van der Waals surface area contributed by atoms with Gasteiger partial charge in [0.2, 0.25) is 0 Å². The number of rotatable bonds is 6. The minimum atomic E-state index is -0.508. The summed E-state index contributed by atoms with van der Waals surface area (Å²) in [5.41, 5.74) is 6.86. The van der Waals surface area contributed by atoms with Gasteiger partial charge in [-0.05, 0) is 54.7 Å². The van der Waals surface area contributed by atoms with E-state index in [1.165, 1.54) is 7.11 Å². The van der Waals surface area contributed by atoms with Gasteiger partial charge in [0.05, 0.1) is 19.8 Å². The molecule has 106 valence electrons. The van der Waals surface area contributed by atoms with Crippen LogP contribution in [0.5, 0.6) is 11.5 Å². The molecule has 0 bridgehead atoms. The highest BCUT2D eigenvalue weighted by Crippen LogP contribution is 2.36. The van der Waals surface area contributed by atoms with E-state index in [-0.39, 0.29) is 0 Å². The monoisotopic (exact) mass is 378 g/mol. The lowest BCUT2D eigenvalue weighted by molar-refractivity contribution is 0.0995. The summed E-state index contributed by atoms with van der Waals surface area (Å²) in [5, 5.41) is 0. The Kier molecular flexibility index (Phi) is 5.86. The molecule has 0 fully saturated rings. The quantitative estimate of drug-likeness (QED) is 0.763. The second-order valence-electron chi connectivity index (χ2n) is 4.38. The summed E-state index contributed by atoms with van der Waals surface area (Å²) in [5.74, 6) is 0.421. The molecule has 0 aliphatic rings. The van der Waals surface area contributed by atoms with Crippen LogP contribution < -0.4 is 15.2 Å². The van der Waals surface area contributed by atoms with Crippen molar-refractivity contribution in [2.75, 3.05) is 34.9 Å². The van der Waals surface area contributed by atoms with E-state index >= 15 is 0 Å². The smallest absolute Gasteiger partial charge is 0.253 e. The molecule has 0 aliphatic carbocycles. The summed E-state index contributed by atoms with van der Waals surface area (Å²) in [7, 11) is 7.05. The van der Waals surface area contributed by atoms with Crippen molar-refractivity contribution in [3.05, 3.63) is 20.8 Å². The van der Waals surface area contributed by atoms with Gasteiger partial charge in [-0.15, -0.1) is 0 Å². The number of benzene rings is 1. The molecule has 5 nitrogen and oxygen atoms in total. The molecule has 0 aliphatic heterocycles. The number of halogens is 1. The summed E-state index contributed by atoms with van der Waals surface area (Å²) in [4.78, 5) is 13.7. The largest absolute Gasteiger partial charge is 0.493 e. The van der Waals surface area contributed by atoms with Crippen LogP contribution in [-0.2, 0) is 6.42 Å². The highest BCUT2D eigenvalue weighted by atomic mass is 127. The van der Waals surface area contributed by atoms with Crippen LogP contribution in [-0.4, -0.2) is 45.7 Å². The fraction of sp³-hybridized carbons (Fsp3) is 0.462. The SMILES string of the molecule is COc1cc(CCN(C)C)c(I)c(C(N)=O)c1OC. The molecular weight excluding hydrogens is 359 g/mol. The summed E-state index contributed by atoms with van der Waals surface area (Å²) in [6.07, 6.45) is 0.811. The first-order valence-corrected chi connectivity index (χ1v) is 6.88. The summed E-state index contributed by atoms with van der Waals surface area (Å²) < 4.78 is 11.4. The molecule has 1 aromatic carbocycles. The number of methoxy groups -OCH3 is 2. The first kappa shape index (κ1) is 16.0. The van der Waals surface area contributed by atoms with E-state index in [9.17, 15) is 4.79 Å². The molecule has 1 aromatic rings. The normalized spacial score (nSPS) is 10.6. The average Bonchev–Trinajstić information content (AvgIpc) is 2.35. The van der Waals surface area contributed by atoms with Crippen LogP contribution in [0, 0.1) is 3.57 Å². The van der Waals surface area contributed by atoms with Crippen LogP contribution in [0.2, 0.25) is 0 Å². The number of ether oxygens (including phenoxy) is 2. The first-order valence-electron chi connectivity index (χ1n) is 5.80. The predicted octanol–water partition coefficient (Wildman–Crippen LogP) is 1.51. The maximum Gasteiger partial charge on any atom is 0.253 e. The number of amides is 1. The van der Waals surface area contributed by atoms with Crippen molar-refractivity contribution >= 4 is 28.5 Å². The number of carbonyl (C=O) groups excluding carboxylic acids is 1. The lowest BCUT2D eigenvalue weighted by atomic mass is 10.1. The van der Waals surface area contributed by atoms with Gasteiger partial charge in [0.15, 0.2) is 11.5 Å². The zero-order valence-corrected chi connectivity index (χ0v) is 13.8. The van der Waals surface area contributed by atoms with Crippen molar-refractivity contribution in [3.8, 4) is 11.5 Å². The van der Waals surface area contributed by atoms with Gasteiger partial charge in [0.25, 0.3) is 5.91 Å². The number of hydrogen-bond donors (Lipinski definition) is 1. The zero-order valence-electron chi connectivity index (χ0n) is 11.6. The number of primary amides is 1. The van der Waals surface area contributed by atoms with Crippen molar-refractivity contribution < 1.29 is 14.3 Å². The van der Waals surface area contributed by atoms with Crippen LogP contribution in [0.1, 0.15) is 15.9 Å². The number of carbonyl (C=O) groups is 1.